The molecule has 0 bridgehead atoms. The van der Waals surface area contributed by atoms with Gasteiger partial charge < -0.3 is 14.8 Å². The topological polar surface area (TPSA) is 47.6 Å². The van der Waals surface area contributed by atoms with E-state index in [2.05, 4.69) is 30.0 Å². The minimum absolute atomic E-state index is 0.179. The molecule has 0 amide bonds. The van der Waals surface area contributed by atoms with Gasteiger partial charge in [0.1, 0.15) is 5.75 Å². The fourth-order valence-corrected chi connectivity index (χ4v) is 3.11. The van der Waals surface area contributed by atoms with Gasteiger partial charge in [-0.3, -0.25) is 4.79 Å². The third-order valence-electron chi connectivity index (χ3n) is 2.98. The minimum Gasteiger partial charge on any atom is -0.496 e. The second-order valence-corrected chi connectivity index (χ2v) is 5.46. The first kappa shape index (κ1) is 16.9. The monoisotopic (exact) mass is 297 g/mol. The van der Waals surface area contributed by atoms with E-state index in [1.54, 1.807) is 18.9 Å². The molecule has 0 radical (unpaired) electrons. The highest BCUT2D eigenvalue weighted by molar-refractivity contribution is 7.99. The highest BCUT2D eigenvalue weighted by Gasteiger charge is 2.16. The van der Waals surface area contributed by atoms with E-state index in [0.29, 0.717) is 12.2 Å². The van der Waals surface area contributed by atoms with Gasteiger partial charge in [-0.15, -0.1) is 11.8 Å². The summed E-state index contributed by atoms with van der Waals surface area (Å²) in [7, 11) is 3.09. The zero-order valence-electron chi connectivity index (χ0n) is 12.6. The molecule has 1 aromatic carbocycles. The Morgan fingerprint density at radius 2 is 2.15 bits per heavy atom. The number of rotatable bonds is 8. The average molecular weight is 297 g/mol. The van der Waals surface area contributed by atoms with Crippen LogP contribution in [0.2, 0.25) is 0 Å². The molecular weight excluding hydrogens is 274 g/mol. The van der Waals surface area contributed by atoms with Gasteiger partial charge in [0, 0.05) is 22.3 Å². The molecule has 4 nitrogen and oxygen atoms in total. The molecule has 0 fully saturated rings. The molecule has 0 spiro atoms. The average Bonchev–Trinajstić information content (AvgIpc) is 2.46. The molecule has 1 N–H and O–H groups in total. The molecule has 1 rings (SSSR count). The van der Waals surface area contributed by atoms with Crippen molar-refractivity contribution in [3.05, 3.63) is 23.8 Å². The highest BCUT2D eigenvalue weighted by atomic mass is 32.2. The van der Waals surface area contributed by atoms with Gasteiger partial charge >= 0.3 is 5.97 Å². The fourth-order valence-electron chi connectivity index (χ4n) is 2.01. The summed E-state index contributed by atoms with van der Waals surface area (Å²) < 4.78 is 10.1. The highest BCUT2D eigenvalue weighted by Crippen LogP contribution is 2.35. The van der Waals surface area contributed by atoms with Crippen LogP contribution in [-0.2, 0) is 9.53 Å². The van der Waals surface area contributed by atoms with Gasteiger partial charge in [0.2, 0.25) is 0 Å². The van der Waals surface area contributed by atoms with Gasteiger partial charge in [-0.05, 0) is 25.6 Å². The number of nitrogens with one attached hydrogen (secondary N) is 1. The van der Waals surface area contributed by atoms with E-state index in [4.69, 9.17) is 4.74 Å². The predicted octanol–water partition coefficient (Wildman–Crippen LogP) is 3.02. The zero-order chi connectivity index (χ0) is 15.0. The van der Waals surface area contributed by atoms with Crippen molar-refractivity contribution >= 4 is 17.7 Å². The number of thioether (sulfide) groups is 1. The molecule has 0 aromatic heterocycles. The number of carbonyl (C=O) groups is 1. The maximum Gasteiger partial charge on any atom is 0.306 e. The van der Waals surface area contributed by atoms with Crippen LogP contribution < -0.4 is 10.1 Å². The van der Waals surface area contributed by atoms with Gasteiger partial charge in [0.15, 0.2) is 0 Å². The summed E-state index contributed by atoms with van der Waals surface area (Å²) >= 11 is 1.65. The van der Waals surface area contributed by atoms with Gasteiger partial charge in [-0.2, -0.15) is 0 Å². The van der Waals surface area contributed by atoms with Gasteiger partial charge in [0.05, 0.1) is 20.6 Å². The summed E-state index contributed by atoms with van der Waals surface area (Å²) in [6.07, 6.45) is 0.410. The van der Waals surface area contributed by atoms with Crippen LogP contribution in [0.15, 0.2) is 23.1 Å². The Labute approximate surface area is 125 Å². The summed E-state index contributed by atoms with van der Waals surface area (Å²) in [5.74, 6) is 1.40. The molecule has 1 aromatic rings. The van der Waals surface area contributed by atoms with Crippen LogP contribution in [0.5, 0.6) is 5.75 Å². The number of hydrogen-bond donors (Lipinski definition) is 1. The van der Waals surface area contributed by atoms with Crippen LogP contribution in [0.4, 0.5) is 0 Å². The molecule has 0 saturated heterocycles. The van der Waals surface area contributed by atoms with Crippen molar-refractivity contribution in [3.63, 3.8) is 0 Å². The van der Waals surface area contributed by atoms with Crippen LogP contribution in [0.3, 0.4) is 0 Å². The Morgan fingerprint density at radius 3 is 2.75 bits per heavy atom. The second kappa shape index (κ2) is 8.87. The quantitative estimate of drug-likeness (QED) is 0.590. The molecule has 0 aliphatic rings. The molecule has 0 saturated carbocycles. The molecular formula is C15H23NO3S. The van der Waals surface area contributed by atoms with E-state index in [9.17, 15) is 4.79 Å². The normalized spacial score (nSPS) is 12.0. The first-order valence-electron chi connectivity index (χ1n) is 6.73. The van der Waals surface area contributed by atoms with Crippen molar-refractivity contribution in [3.8, 4) is 5.75 Å². The van der Waals surface area contributed by atoms with E-state index in [-0.39, 0.29) is 12.0 Å². The van der Waals surface area contributed by atoms with E-state index >= 15 is 0 Å². The zero-order valence-corrected chi connectivity index (χ0v) is 13.4. The van der Waals surface area contributed by atoms with Gasteiger partial charge in [0.25, 0.3) is 0 Å². The summed E-state index contributed by atoms with van der Waals surface area (Å²) in [6.45, 7) is 5.09. The molecule has 0 heterocycles. The number of methoxy groups -OCH3 is 2. The predicted molar refractivity (Wildman–Crippen MR) is 82.4 cm³/mol. The number of ether oxygens (including phenoxy) is 2. The molecule has 1 atom stereocenters. The van der Waals surface area contributed by atoms with E-state index in [1.807, 2.05) is 12.1 Å². The van der Waals surface area contributed by atoms with E-state index < -0.39 is 0 Å². The standard InChI is InChI=1S/C15H23NO3S/c1-5-16-11(2)15-12(18-3)7-6-8-13(15)20-10-9-14(17)19-4/h6-8,11,16H,5,9-10H2,1-4H3. The van der Waals surface area contributed by atoms with Gasteiger partial charge in [-0.1, -0.05) is 13.0 Å². The lowest BCUT2D eigenvalue weighted by Crippen LogP contribution is -2.19. The lowest BCUT2D eigenvalue weighted by Gasteiger charge is -2.20. The SMILES string of the molecule is CCNC(C)c1c(OC)cccc1SCCC(=O)OC. The Bertz CT molecular complexity index is 437. The largest absolute Gasteiger partial charge is 0.496 e. The molecule has 112 valence electrons. The van der Waals surface area contributed by atoms with Crippen LogP contribution in [0, 0.1) is 0 Å². The first-order valence-corrected chi connectivity index (χ1v) is 7.72. The van der Waals surface area contributed by atoms with E-state index in [0.717, 1.165) is 22.8 Å². The van der Waals surface area contributed by atoms with Crippen molar-refractivity contribution in [1.82, 2.24) is 5.32 Å². The lowest BCUT2D eigenvalue weighted by molar-refractivity contribution is -0.140. The third-order valence-corrected chi connectivity index (χ3v) is 4.06. The van der Waals surface area contributed by atoms with Crippen molar-refractivity contribution < 1.29 is 14.3 Å². The molecule has 5 heteroatoms. The maximum atomic E-state index is 11.2. The summed E-state index contributed by atoms with van der Waals surface area (Å²) in [4.78, 5) is 12.3. The molecule has 0 aliphatic heterocycles. The van der Waals surface area contributed by atoms with Crippen molar-refractivity contribution in [2.45, 2.75) is 31.2 Å². The van der Waals surface area contributed by atoms with Crippen molar-refractivity contribution in [2.24, 2.45) is 0 Å². The maximum absolute atomic E-state index is 11.2. The number of benzene rings is 1. The molecule has 0 aliphatic carbocycles. The fraction of sp³-hybridized carbons (Fsp3) is 0.533. The Morgan fingerprint density at radius 1 is 1.40 bits per heavy atom. The van der Waals surface area contributed by atoms with Crippen LogP contribution in [-0.4, -0.2) is 32.5 Å². The summed E-state index contributed by atoms with van der Waals surface area (Å²) in [5.41, 5.74) is 1.15. The summed E-state index contributed by atoms with van der Waals surface area (Å²) in [6, 6.07) is 6.21. The van der Waals surface area contributed by atoms with E-state index in [1.165, 1.54) is 7.11 Å². The van der Waals surface area contributed by atoms with Crippen molar-refractivity contribution in [1.29, 1.82) is 0 Å². The molecule has 20 heavy (non-hydrogen) atoms. The number of carbonyl (C=O) groups excluding carboxylic acids is 1. The van der Waals surface area contributed by atoms with Crippen LogP contribution >= 0.6 is 11.8 Å². The Kier molecular flexibility index (Phi) is 7.47. The third kappa shape index (κ3) is 4.72. The first-order chi connectivity index (χ1) is 9.63. The second-order valence-electron chi connectivity index (χ2n) is 4.33. The lowest BCUT2D eigenvalue weighted by atomic mass is 10.1. The summed E-state index contributed by atoms with van der Waals surface area (Å²) in [5, 5.41) is 3.40. The van der Waals surface area contributed by atoms with Crippen LogP contribution in [0.25, 0.3) is 0 Å². The van der Waals surface area contributed by atoms with Crippen LogP contribution in [0.1, 0.15) is 31.9 Å². The Balaban J connectivity index is 2.85. The minimum atomic E-state index is -0.179. The molecule has 1 unspecified atom stereocenters. The number of hydrogen-bond acceptors (Lipinski definition) is 5. The van der Waals surface area contributed by atoms with Gasteiger partial charge in [-0.25, -0.2) is 0 Å². The Hall–Kier alpha value is -1.20. The smallest absolute Gasteiger partial charge is 0.306 e. The van der Waals surface area contributed by atoms with Crippen molar-refractivity contribution in [2.75, 3.05) is 26.5 Å². The number of esters is 1.